The van der Waals surface area contributed by atoms with Gasteiger partial charge in [0.25, 0.3) is 0 Å². The van der Waals surface area contributed by atoms with E-state index in [1.807, 2.05) is 18.2 Å². The Hall–Kier alpha value is -0.970. The lowest BCUT2D eigenvalue weighted by Crippen LogP contribution is -2.27. The topological polar surface area (TPSA) is 53.7 Å². The minimum absolute atomic E-state index is 0. The fourth-order valence-corrected chi connectivity index (χ4v) is 2.50. The molecule has 1 aliphatic rings. The van der Waals surface area contributed by atoms with E-state index in [0.717, 1.165) is 43.1 Å². The van der Waals surface area contributed by atoms with Crippen LogP contribution in [0.5, 0.6) is 11.5 Å². The molecule has 0 saturated carbocycles. The summed E-state index contributed by atoms with van der Waals surface area (Å²) in [7, 11) is 3.29. The van der Waals surface area contributed by atoms with Gasteiger partial charge in [0.15, 0.2) is 11.5 Å². The van der Waals surface area contributed by atoms with Crippen LogP contribution in [0.4, 0.5) is 0 Å². The molecule has 0 aromatic heterocycles. The first-order chi connectivity index (χ1) is 8.77. The summed E-state index contributed by atoms with van der Waals surface area (Å²) in [4.78, 5) is 0. The van der Waals surface area contributed by atoms with Crippen LogP contribution in [0, 0.1) is 5.92 Å². The third kappa shape index (κ3) is 3.53. The molecule has 19 heavy (non-hydrogen) atoms. The van der Waals surface area contributed by atoms with Gasteiger partial charge < -0.3 is 19.9 Å². The summed E-state index contributed by atoms with van der Waals surface area (Å²) < 4.78 is 16.1. The molecule has 0 radical (unpaired) electrons. The van der Waals surface area contributed by atoms with Gasteiger partial charge in [0, 0.05) is 24.8 Å². The van der Waals surface area contributed by atoms with E-state index in [0.29, 0.717) is 5.92 Å². The van der Waals surface area contributed by atoms with Gasteiger partial charge in [0.1, 0.15) is 0 Å². The molecule has 1 atom stereocenters. The van der Waals surface area contributed by atoms with Gasteiger partial charge in [-0.3, -0.25) is 0 Å². The third-order valence-corrected chi connectivity index (χ3v) is 3.57. The van der Waals surface area contributed by atoms with Gasteiger partial charge >= 0.3 is 0 Å². The zero-order valence-corrected chi connectivity index (χ0v) is 12.2. The van der Waals surface area contributed by atoms with Gasteiger partial charge in [-0.05, 0) is 24.8 Å². The number of benzene rings is 1. The van der Waals surface area contributed by atoms with Crippen molar-refractivity contribution in [1.29, 1.82) is 0 Å². The molecule has 1 aromatic carbocycles. The Morgan fingerprint density at radius 2 is 1.89 bits per heavy atom. The second kappa shape index (κ2) is 7.58. The molecular formula is C14H22ClNO3. The van der Waals surface area contributed by atoms with Gasteiger partial charge in [-0.15, -0.1) is 12.4 Å². The summed E-state index contributed by atoms with van der Waals surface area (Å²) in [6, 6.07) is 5.83. The molecule has 1 saturated heterocycles. The van der Waals surface area contributed by atoms with Gasteiger partial charge in [0.05, 0.1) is 14.2 Å². The Kier molecular flexibility index (Phi) is 6.42. The predicted molar refractivity (Wildman–Crippen MR) is 77.3 cm³/mol. The van der Waals surface area contributed by atoms with Crippen molar-refractivity contribution >= 4 is 12.4 Å². The Morgan fingerprint density at radius 3 is 2.47 bits per heavy atom. The van der Waals surface area contributed by atoms with Crippen LogP contribution in [0.2, 0.25) is 0 Å². The number of halogens is 1. The molecule has 0 bridgehead atoms. The van der Waals surface area contributed by atoms with Crippen LogP contribution in [0.3, 0.4) is 0 Å². The van der Waals surface area contributed by atoms with Crippen LogP contribution < -0.4 is 15.2 Å². The highest BCUT2D eigenvalue weighted by molar-refractivity contribution is 5.85. The summed E-state index contributed by atoms with van der Waals surface area (Å²) in [6.07, 6.45) is 2.00. The summed E-state index contributed by atoms with van der Waals surface area (Å²) in [5.41, 5.74) is 7.40. The maximum Gasteiger partial charge on any atom is 0.165 e. The lowest BCUT2D eigenvalue weighted by Gasteiger charge is -2.29. The number of hydrogen-bond donors (Lipinski definition) is 1. The smallest absolute Gasteiger partial charge is 0.165 e. The van der Waals surface area contributed by atoms with Crippen molar-refractivity contribution in [1.82, 2.24) is 0 Å². The maximum absolute atomic E-state index is 6.38. The molecule has 0 unspecified atom stereocenters. The molecule has 2 N–H and O–H groups in total. The Morgan fingerprint density at radius 1 is 1.21 bits per heavy atom. The minimum Gasteiger partial charge on any atom is -0.493 e. The maximum atomic E-state index is 6.38. The lowest BCUT2D eigenvalue weighted by atomic mass is 9.87. The van der Waals surface area contributed by atoms with Crippen molar-refractivity contribution in [3.05, 3.63) is 23.8 Å². The second-order valence-corrected chi connectivity index (χ2v) is 4.56. The van der Waals surface area contributed by atoms with Crippen LogP contribution in [-0.2, 0) is 4.74 Å². The number of hydrogen-bond acceptors (Lipinski definition) is 4. The standard InChI is InChI=1S/C14H21NO3.ClH/c1-16-12-5-3-4-11(14(12)17-2)13(15)10-6-8-18-9-7-10;/h3-5,10,13H,6-9,15H2,1-2H3;1H/t13-;/m0./s1. The van der Waals surface area contributed by atoms with E-state index in [2.05, 4.69) is 0 Å². The summed E-state index contributed by atoms with van der Waals surface area (Å²) in [5, 5.41) is 0. The largest absolute Gasteiger partial charge is 0.493 e. The molecule has 0 aliphatic carbocycles. The summed E-state index contributed by atoms with van der Waals surface area (Å²) in [5.74, 6) is 1.93. The van der Waals surface area contributed by atoms with Crippen molar-refractivity contribution in [3.8, 4) is 11.5 Å². The Labute approximate surface area is 120 Å². The number of methoxy groups -OCH3 is 2. The highest BCUT2D eigenvalue weighted by atomic mass is 35.5. The zero-order chi connectivity index (χ0) is 13.0. The van der Waals surface area contributed by atoms with Crippen LogP contribution in [0.1, 0.15) is 24.4 Å². The molecule has 0 amide bonds. The van der Waals surface area contributed by atoms with E-state index in [1.54, 1.807) is 14.2 Å². The molecule has 1 aliphatic heterocycles. The first kappa shape index (κ1) is 16.1. The number of para-hydroxylation sites is 1. The van der Waals surface area contributed by atoms with Crippen molar-refractivity contribution < 1.29 is 14.2 Å². The predicted octanol–water partition coefficient (Wildman–Crippen LogP) is 2.55. The average Bonchev–Trinajstić information content (AvgIpc) is 2.46. The highest BCUT2D eigenvalue weighted by Gasteiger charge is 2.25. The first-order valence-electron chi connectivity index (χ1n) is 6.32. The number of ether oxygens (including phenoxy) is 3. The molecular weight excluding hydrogens is 266 g/mol. The molecule has 1 heterocycles. The van der Waals surface area contributed by atoms with Gasteiger partial charge in [-0.1, -0.05) is 12.1 Å². The van der Waals surface area contributed by atoms with Crippen LogP contribution in [0.15, 0.2) is 18.2 Å². The van der Waals surface area contributed by atoms with Gasteiger partial charge in [-0.2, -0.15) is 0 Å². The molecule has 108 valence electrons. The first-order valence-corrected chi connectivity index (χ1v) is 6.32. The SMILES string of the molecule is COc1cccc([C@@H](N)C2CCOCC2)c1OC.Cl. The molecule has 4 nitrogen and oxygen atoms in total. The Bertz CT molecular complexity index is 394. The molecule has 0 spiro atoms. The molecule has 5 heteroatoms. The zero-order valence-electron chi connectivity index (χ0n) is 11.4. The van der Waals surface area contributed by atoms with Crippen molar-refractivity contribution in [3.63, 3.8) is 0 Å². The fourth-order valence-electron chi connectivity index (χ4n) is 2.50. The Balaban J connectivity index is 0.00000180. The minimum atomic E-state index is -0.0288. The number of rotatable bonds is 4. The van der Waals surface area contributed by atoms with E-state index < -0.39 is 0 Å². The second-order valence-electron chi connectivity index (χ2n) is 4.56. The van der Waals surface area contributed by atoms with Crippen molar-refractivity contribution in [2.45, 2.75) is 18.9 Å². The normalized spacial score (nSPS) is 17.4. The lowest BCUT2D eigenvalue weighted by molar-refractivity contribution is 0.0581. The van der Waals surface area contributed by atoms with Gasteiger partial charge in [0.2, 0.25) is 0 Å². The van der Waals surface area contributed by atoms with E-state index in [-0.39, 0.29) is 18.4 Å². The van der Waals surface area contributed by atoms with Crippen molar-refractivity contribution in [2.75, 3.05) is 27.4 Å². The van der Waals surface area contributed by atoms with Gasteiger partial charge in [-0.25, -0.2) is 0 Å². The van der Waals surface area contributed by atoms with E-state index in [4.69, 9.17) is 19.9 Å². The van der Waals surface area contributed by atoms with E-state index in [1.165, 1.54) is 0 Å². The molecule has 2 rings (SSSR count). The van der Waals surface area contributed by atoms with Crippen LogP contribution in [0.25, 0.3) is 0 Å². The summed E-state index contributed by atoms with van der Waals surface area (Å²) >= 11 is 0. The van der Waals surface area contributed by atoms with Crippen molar-refractivity contribution in [2.24, 2.45) is 11.7 Å². The highest BCUT2D eigenvalue weighted by Crippen LogP contribution is 2.38. The fraction of sp³-hybridized carbons (Fsp3) is 0.571. The third-order valence-electron chi connectivity index (χ3n) is 3.57. The average molecular weight is 288 g/mol. The van der Waals surface area contributed by atoms with E-state index >= 15 is 0 Å². The van der Waals surface area contributed by atoms with Crippen LogP contribution >= 0.6 is 12.4 Å². The van der Waals surface area contributed by atoms with E-state index in [9.17, 15) is 0 Å². The quantitative estimate of drug-likeness (QED) is 0.925. The molecule has 1 aromatic rings. The molecule has 1 fully saturated rings. The van der Waals surface area contributed by atoms with Crippen LogP contribution in [-0.4, -0.2) is 27.4 Å². The number of nitrogens with two attached hydrogens (primary N) is 1. The summed E-state index contributed by atoms with van der Waals surface area (Å²) in [6.45, 7) is 1.59. The monoisotopic (exact) mass is 287 g/mol.